The van der Waals surface area contributed by atoms with Gasteiger partial charge in [0.15, 0.2) is 0 Å². The molecule has 0 fully saturated rings. The summed E-state index contributed by atoms with van der Waals surface area (Å²) in [5.74, 6) is -1.57. The minimum atomic E-state index is -1.06. The number of amides is 2. The molecular formula is C18H26N2O4. The first kappa shape index (κ1) is 19.7. The number of carboxylic acids is 1. The maximum Gasteiger partial charge on any atom is 0.310 e. The molecule has 0 heterocycles. The zero-order chi connectivity index (χ0) is 18.2. The fourth-order valence-electron chi connectivity index (χ4n) is 2.09. The molecule has 3 N–H and O–H groups in total. The first-order valence-corrected chi connectivity index (χ1v) is 8.10. The molecule has 6 heteroatoms. The monoisotopic (exact) mass is 334 g/mol. The molecule has 1 aromatic carbocycles. The van der Waals surface area contributed by atoms with Crippen LogP contribution in [0.3, 0.4) is 0 Å². The van der Waals surface area contributed by atoms with Gasteiger partial charge in [-0.1, -0.05) is 43.7 Å². The zero-order valence-corrected chi connectivity index (χ0v) is 14.5. The Balaban J connectivity index is 2.60. The van der Waals surface area contributed by atoms with E-state index in [0.717, 1.165) is 12.0 Å². The van der Waals surface area contributed by atoms with E-state index in [1.54, 1.807) is 13.8 Å². The molecule has 0 saturated carbocycles. The summed E-state index contributed by atoms with van der Waals surface area (Å²) in [6.45, 7) is 5.01. The van der Waals surface area contributed by atoms with Crippen LogP contribution in [-0.4, -0.2) is 35.5 Å². The lowest BCUT2D eigenvalue weighted by atomic mass is 9.93. The molecule has 0 aliphatic heterocycles. The number of nitrogens with one attached hydrogen (secondary N) is 2. The lowest BCUT2D eigenvalue weighted by Crippen LogP contribution is -2.49. The average molecular weight is 334 g/mol. The Morgan fingerprint density at radius 3 is 2.33 bits per heavy atom. The molecule has 0 aromatic heterocycles. The maximum atomic E-state index is 12.3. The molecule has 0 saturated heterocycles. The molecule has 0 radical (unpaired) electrons. The number of rotatable bonds is 9. The Kier molecular flexibility index (Phi) is 7.42. The number of carbonyl (C=O) groups excluding carboxylic acids is 2. The van der Waals surface area contributed by atoms with Crippen LogP contribution < -0.4 is 10.6 Å². The lowest BCUT2D eigenvalue weighted by Gasteiger charge is -2.23. The van der Waals surface area contributed by atoms with Crippen molar-refractivity contribution in [2.75, 3.05) is 6.54 Å². The van der Waals surface area contributed by atoms with Gasteiger partial charge in [-0.05, 0) is 25.8 Å². The van der Waals surface area contributed by atoms with Gasteiger partial charge in [0.1, 0.15) is 6.04 Å². The normalized spacial score (nSPS) is 12.3. The number of benzene rings is 1. The van der Waals surface area contributed by atoms with Crippen LogP contribution in [0.25, 0.3) is 0 Å². The van der Waals surface area contributed by atoms with Crippen molar-refractivity contribution in [3.8, 4) is 0 Å². The van der Waals surface area contributed by atoms with Gasteiger partial charge in [-0.3, -0.25) is 14.4 Å². The van der Waals surface area contributed by atoms with Gasteiger partial charge >= 0.3 is 5.97 Å². The smallest absolute Gasteiger partial charge is 0.310 e. The molecule has 132 valence electrons. The summed E-state index contributed by atoms with van der Waals surface area (Å²) in [5.41, 5.74) is -0.182. The molecule has 0 aliphatic carbocycles. The zero-order valence-electron chi connectivity index (χ0n) is 14.5. The minimum absolute atomic E-state index is 0.00986. The van der Waals surface area contributed by atoms with E-state index in [2.05, 4.69) is 10.6 Å². The van der Waals surface area contributed by atoms with Crippen molar-refractivity contribution in [1.82, 2.24) is 10.6 Å². The summed E-state index contributed by atoms with van der Waals surface area (Å²) in [4.78, 5) is 35.5. The summed E-state index contributed by atoms with van der Waals surface area (Å²) in [5, 5.41) is 14.4. The van der Waals surface area contributed by atoms with Crippen molar-refractivity contribution in [3.05, 3.63) is 35.9 Å². The van der Waals surface area contributed by atoms with Crippen LogP contribution in [0.1, 0.15) is 39.2 Å². The molecule has 0 spiro atoms. The van der Waals surface area contributed by atoms with Gasteiger partial charge in [-0.2, -0.15) is 0 Å². The van der Waals surface area contributed by atoms with E-state index < -0.39 is 17.4 Å². The summed E-state index contributed by atoms with van der Waals surface area (Å²) in [7, 11) is 0. The van der Waals surface area contributed by atoms with Crippen LogP contribution >= 0.6 is 0 Å². The second-order valence-electron chi connectivity index (χ2n) is 6.48. The number of carbonyl (C=O) groups is 3. The highest BCUT2D eigenvalue weighted by Crippen LogP contribution is 2.13. The standard InChI is InChI=1S/C18H26N2O4/c1-4-8-14(16(22)19-12-18(2,3)17(23)24)20-15(21)11-13-9-6-5-7-10-13/h5-7,9-10,14H,4,8,11-12H2,1-3H3,(H,19,22)(H,20,21)(H,23,24). The average Bonchev–Trinajstić information content (AvgIpc) is 2.53. The van der Waals surface area contributed by atoms with E-state index in [1.165, 1.54) is 0 Å². The highest BCUT2D eigenvalue weighted by atomic mass is 16.4. The van der Waals surface area contributed by atoms with Crippen LogP contribution in [-0.2, 0) is 20.8 Å². The van der Waals surface area contributed by atoms with Crippen LogP contribution in [0, 0.1) is 5.41 Å². The SMILES string of the molecule is CCCC(NC(=O)Cc1ccccc1)C(=O)NCC(C)(C)C(=O)O. The van der Waals surface area contributed by atoms with Gasteiger partial charge in [-0.25, -0.2) is 0 Å². The van der Waals surface area contributed by atoms with Crippen molar-refractivity contribution in [1.29, 1.82) is 0 Å². The minimum Gasteiger partial charge on any atom is -0.481 e. The Labute approximate surface area is 142 Å². The van der Waals surface area contributed by atoms with Crippen molar-refractivity contribution in [2.24, 2.45) is 5.41 Å². The molecule has 6 nitrogen and oxygen atoms in total. The number of hydrogen-bond acceptors (Lipinski definition) is 3. The molecule has 1 atom stereocenters. The first-order valence-electron chi connectivity index (χ1n) is 8.10. The van der Waals surface area contributed by atoms with Gasteiger partial charge in [0.2, 0.25) is 11.8 Å². The third-order valence-corrected chi connectivity index (χ3v) is 3.72. The number of hydrogen-bond donors (Lipinski definition) is 3. The number of aliphatic carboxylic acids is 1. The Morgan fingerprint density at radius 2 is 1.79 bits per heavy atom. The van der Waals surface area contributed by atoms with Crippen LogP contribution in [0.5, 0.6) is 0 Å². The molecule has 0 bridgehead atoms. The second kappa shape index (κ2) is 9.05. The van der Waals surface area contributed by atoms with Gasteiger partial charge < -0.3 is 15.7 Å². The van der Waals surface area contributed by atoms with Crippen LogP contribution in [0.15, 0.2) is 30.3 Å². The fourth-order valence-corrected chi connectivity index (χ4v) is 2.09. The van der Waals surface area contributed by atoms with E-state index in [0.29, 0.717) is 6.42 Å². The fraction of sp³-hybridized carbons (Fsp3) is 0.500. The van der Waals surface area contributed by atoms with E-state index in [9.17, 15) is 14.4 Å². The summed E-state index contributed by atoms with van der Waals surface area (Å²) < 4.78 is 0. The summed E-state index contributed by atoms with van der Waals surface area (Å²) in [6.07, 6.45) is 1.43. The molecule has 24 heavy (non-hydrogen) atoms. The molecule has 1 aromatic rings. The maximum absolute atomic E-state index is 12.3. The predicted octanol–water partition coefficient (Wildman–Crippen LogP) is 1.74. The quantitative estimate of drug-likeness (QED) is 0.641. The second-order valence-corrected chi connectivity index (χ2v) is 6.48. The van der Waals surface area contributed by atoms with E-state index in [-0.39, 0.29) is 24.8 Å². The molecule has 2 amide bonds. The van der Waals surface area contributed by atoms with Crippen molar-refractivity contribution < 1.29 is 19.5 Å². The Hall–Kier alpha value is -2.37. The predicted molar refractivity (Wildman–Crippen MR) is 91.4 cm³/mol. The molecule has 1 unspecified atom stereocenters. The van der Waals surface area contributed by atoms with E-state index in [4.69, 9.17) is 5.11 Å². The largest absolute Gasteiger partial charge is 0.481 e. The van der Waals surface area contributed by atoms with Crippen molar-refractivity contribution >= 4 is 17.8 Å². The Morgan fingerprint density at radius 1 is 1.17 bits per heavy atom. The topological polar surface area (TPSA) is 95.5 Å². The summed E-state index contributed by atoms with van der Waals surface area (Å²) in [6, 6.07) is 8.63. The van der Waals surface area contributed by atoms with Crippen LogP contribution in [0.2, 0.25) is 0 Å². The molecule has 1 rings (SSSR count). The highest BCUT2D eigenvalue weighted by Gasteiger charge is 2.29. The number of carboxylic acid groups (broad SMARTS) is 1. The van der Waals surface area contributed by atoms with Crippen LogP contribution in [0.4, 0.5) is 0 Å². The highest BCUT2D eigenvalue weighted by molar-refractivity contribution is 5.88. The first-order chi connectivity index (χ1) is 11.3. The van der Waals surface area contributed by atoms with E-state index >= 15 is 0 Å². The lowest BCUT2D eigenvalue weighted by molar-refractivity contribution is -0.147. The summed E-state index contributed by atoms with van der Waals surface area (Å²) >= 11 is 0. The molecular weight excluding hydrogens is 308 g/mol. The van der Waals surface area contributed by atoms with Gasteiger partial charge in [-0.15, -0.1) is 0 Å². The Bertz CT molecular complexity index is 570. The van der Waals surface area contributed by atoms with Gasteiger partial charge in [0, 0.05) is 6.54 Å². The van der Waals surface area contributed by atoms with Gasteiger partial charge in [0.25, 0.3) is 0 Å². The van der Waals surface area contributed by atoms with E-state index in [1.807, 2.05) is 37.3 Å². The molecule has 0 aliphatic rings. The third-order valence-electron chi connectivity index (χ3n) is 3.72. The van der Waals surface area contributed by atoms with Gasteiger partial charge in [0.05, 0.1) is 11.8 Å². The third kappa shape index (κ3) is 6.40. The van der Waals surface area contributed by atoms with Crippen molar-refractivity contribution in [2.45, 2.75) is 46.1 Å². The van der Waals surface area contributed by atoms with Crippen molar-refractivity contribution in [3.63, 3.8) is 0 Å².